The molecule has 2 rings (SSSR count). The molecule has 0 saturated heterocycles. The van der Waals surface area contributed by atoms with Gasteiger partial charge in [0.25, 0.3) is 0 Å². The van der Waals surface area contributed by atoms with Crippen LogP contribution in [0.3, 0.4) is 0 Å². The van der Waals surface area contributed by atoms with E-state index in [9.17, 15) is 13.2 Å². The monoisotopic (exact) mass is 311 g/mol. The molecular weight excluding hydrogens is 290 g/mol. The van der Waals surface area contributed by atoms with Gasteiger partial charge in [0.2, 0.25) is 15.9 Å². The molecule has 1 aliphatic rings. The van der Waals surface area contributed by atoms with E-state index >= 15 is 0 Å². The number of nitrogens with one attached hydrogen (secondary N) is 1. The SMILES string of the molecule is CC(C)C[C@@H](C)S(=O)(=O)NC(=O)[C@H]1COc2ccccc21. The molecule has 1 aromatic carbocycles. The molecule has 0 aromatic heterocycles. The summed E-state index contributed by atoms with van der Waals surface area (Å²) >= 11 is 0. The van der Waals surface area contributed by atoms with Crippen molar-refractivity contribution >= 4 is 15.9 Å². The number of hydrogen-bond acceptors (Lipinski definition) is 4. The topological polar surface area (TPSA) is 72.5 Å². The van der Waals surface area contributed by atoms with E-state index in [4.69, 9.17) is 4.74 Å². The van der Waals surface area contributed by atoms with E-state index in [-0.39, 0.29) is 12.5 Å². The number of sulfonamides is 1. The molecule has 1 heterocycles. The fourth-order valence-corrected chi connectivity index (χ4v) is 3.74. The van der Waals surface area contributed by atoms with E-state index in [1.807, 2.05) is 26.0 Å². The van der Waals surface area contributed by atoms with E-state index in [0.29, 0.717) is 12.2 Å². The van der Waals surface area contributed by atoms with Crippen LogP contribution in [0.5, 0.6) is 5.75 Å². The van der Waals surface area contributed by atoms with Crippen LogP contribution in [0.1, 0.15) is 38.7 Å². The van der Waals surface area contributed by atoms with E-state index in [2.05, 4.69) is 4.72 Å². The van der Waals surface area contributed by atoms with Crippen LogP contribution in [0, 0.1) is 5.92 Å². The molecule has 0 saturated carbocycles. The molecule has 6 heteroatoms. The first-order chi connectivity index (χ1) is 9.81. The summed E-state index contributed by atoms with van der Waals surface area (Å²) in [6, 6.07) is 7.19. The lowest BCUT2D eigenvalue weighted by Gasteiger charge is -2.17. The summed E-state index contributed by atoms with van der Waals surface area (Å²) in [5, 5.41) is -0.598. The molecule has 116 valence electrons. The number of carbonyl (C=O) groups is 1. The lowest BCUT2D eigenvalue weighted by molar-refractivity contribution is -0.121. The third kappa shape index (κ3) is 3.56. The molecule has 5 nitrogen and oxygen atoms in total. The second-order valence-corrected chi connectivity index (χ2v) is 7.95. The van der Waals surface area contributed by atoms with Crippen LogP contribution >= 0.6 is 0 Å². The summed E-state index contributed by atoms with van der Waals surface area (Å²) in [4.78, 5) is 12.2. The Hall–Kier alpha value is -1.56. The summed E-state index contributed by atoms with van der Waals surface area (Å²) < 4.78 is 32.0. The zero-order chi connectivity index (χ0) is 15.6. The minimum atomic E-state index is -3.65. The zero-order valence-electron chi connectivity index (χ0n) is 12.5. The van der Waals surface area contributed by atoms with Gasteiger partial charge in [0.15, 0.2) is 0 Å². The van der Waals surface area contributed by atoms with Crippen molar-refractivity contribution in [3.8, 4) is 5.75 Å². The van der Waals surface area contributed by atoms with E-state index in [0.717, 1.165) is 5.56 Å². The highest BCUT2D eigenvalue weighted by atomic mass is 32.2. The van der Waals surface area contributed by atoms with Crippen LogP contribution < -0.4 is 9.46 Å². The van der Waals surface area contributed by atoms with Gasteiger partial charge in [0, 0.05) is 5.56 Å². The largest absolute Gasteiger partial charge is 0.492 e. The maximum absolute atomic E-state index is 12.2. The third-order valence-electron chi connectivity index (χ3n) is 3.59. The molecule has 0 bridgehead atoms. The fraction of sp³-hybridized carbons (Fsp3) is 0.533. The fourth-order valence-electron chi connectivity index (χ4n) is 2.48. The average molecular weight is 311 g/mol. The van der Waals surface area contributed by atoms with Crippen LogP contribution in [0.2, 0.25) is 0 Å². The number of fused-ring (bicyclic) bond motifs is 1. The van der Waals surface area contributed by atoms with Gasteiger partial charge in [0.05, 0.1) is 5.25 Å². The lowest BCUT2D eigenvalue weighted by atomic mass is 10.0. The first kappa shape index (κ1) is 15.8. The summed E-state index contributed by atoms with van der Waals surface area (Å²) in [6.07, 6.45) is 0.514. The quantitative estimate of drug-likeness (QED) is 0.903. The van der Waals surface area contributed by atoms with Gasteiger partial charge >= 0.3 is 0 Å². The molecule has 0 spiro atoms. The molecule has 0 unspecified atom stereocenters. The second kappa shape index (κ2) is 6.05. The van der Waals surface area contributed by atoms with Crippen molar-refractivity contribution < 1.29 is 17.9 Å². The van der Waals surface area contributed by atoms with Crippen molar-refractivity contribution in [1.29, 1.82) is 0 Å². The minimum absolute atomic E-state index is 0.180. The Kier molecular flexibility index (Phi) is 4.56. The second-order valence-electron chi connectivity index (χ2n) is 5.85. The van der Waals surface area contributed by atoms with Gasteiger partial charge in [-0.05, 0) is 25.3 Å². The highest BCUT2D eigenvalue weighted by Gasteiger charge is 2.33. The molecule has 0 fully saturated rings. The normalized spacial score (nSPS) is 19.0. The number of amides is 1. The van der Waals surface area contributed by atoms with Gasteiger partial charge in [-0.1, -0.05) is 32.0 Å². The Balaban J connectivity index is 2.09. The number of benzene rings is 1. The molecule has 0 radical (unpaired) electrons. The number of ether oxygens (including phenoxy) is 1. The predicted molar refractivity (Wildman–Crippen MR) is 80.7 cm³/mol. The van der Waals surface area contributed by atoms with Crippen LogP contribution in [0.25, 0.3) is 0 Å². The molecule has 1 aromatic rings. The van der Waals surface area contributed by atoms with E-state index in [1.54, 1.807) is 19.1 Å². The Morgan fingerprint density at radius 1 is 1.33 bits per heavy atom. The minimum Gasteiger partial charge on any atom is -0.492 e. The average Bonchev–Trinajstić information content (AvgIpc) is 2.81. The Morgan fingerprint density at radius 3 is 2.67 bits per heavy atom. The highest BCUT2D eigenvalue weighted by Crippen LogP contribution is 2.33. The predicted octanol–water partition coefficient (Wildman–Crippen LogP) is 2.04. The molecular formula is C15H21NO4S. The summed E-state index contributed by atoms with van der Waals surface area (Å²) in [7, 11) is -3.65. The van der Waals surface area contributed by atoms with Crippen molar-refractivity contribution in [3.63, 3.8) is 0 Å². The Bertz CT molecular complexity index is 624. The first-order valence-electron chi connectivity index (χ1n) is 7.08. The van der Waals surface area contributed by atoms with Gasteiger partial charge in [-0.3, -0.25) is 9.52 Å². The highest BCUT2D eigenvalue weighted by molar-refractivity contribution is 7.90. The molecule has 1 aliphatic heterocycles. The number of hydrogen-bond donors (Lipinski definition) is 1. The first-order valence-corrected chi connectivity index (χ1v) is 8.63. The van der Waals surface area contributed by atoms with Gasteiger partial charge in [-0.15, -0.1) is 0 Å². The van der Waals surface area contributed by atoms with Gasteiger partial charge in [-0.2, -0.15) is 0 Å². The Labute approximate surface area is 125 Å². The molecule has 1 amide bonds. The summed E-state index contributed by atoms with van der Waals surface area (Å²) in [5.41, 5.74) is 0.738. The van der Waals surface area contributed by atoms with Crippen LogP contribution in [0.4, 0.5) is 0 Å². The summed E-state index contributed by atoms with van der Waals surface area (Å²) in [6.45, 7) is 5.71. The number of carbonyl (C=O) groups excluding carboxylic acids is 1. The maximum atomic E-state index is 12.2. The van der Waals surface area contributed by atoms with Crippen LogP contribution in [-0.4, -0.2) is 26.2 Å². The molecule has 21 heavy (non-hydrogen) atoms. The summed E-state index contributed by atoms with van der Waals surface area (Å²) in [5.74, 6) is -0.190. The van der Waals surface area contributed by atoms with Crippen molar-refractivity contribution in [3.05, 3.63) is 29.8 Å². The number of para-hydroxylation sites is 1. The van der Waals surface area contributed by atoms with Gasteiger partial charge in [-0.25, -0.2) is 8.42 Å². The van der Waals surface area contributed by atoms with Crippen molar-refractivity contribution in [1.82, 2.24) is 4.72 Å². The van der Waals surface area contributed by atoms with Gasteiger partial charge < -0.3 is 4.74 Å². The maximum Gasteiger partial charge on any atom is 0.244 e. The van der Waals surface area contributed by atoms with Crippen molar-refractivity contribution in [2.24, 2.45) is 5.92 Å². The van der Waals surface area contributed by atoms with Gasteiger partial charge in [0.1, 0.15) is 18.3 Å². The standard InChI is InChI=1S/C15H21NO4S/c1-10(2)8-11(3)21(18,19)16-15(17)13-9-20-14-7-5-4-6-12(13)14/h4-7,10-11,13H,8-9H2,1-3H3,(H,16,17)/t11-,13+/m1/s1. The lowest BCUT2D eigenvalue weighted by Crippen LogP contribution is -2.40. The Morgan fingerprint density at radius 2 is 2.00 bits per heavy atom. The van der Waals surface area contributed by atoms with Crippen LogP contribution in [-0.2, 0) is 14.8 Å². The smallest absolute Gasteiger partial charge is 0.244 e. The molecule has 2 atom stereocenters. The molecule has 1 N–H and O–H groups in total. The van der Waals surface area contributed by atoms with Crippen molar-refractivity contribution in [2.45, 2.75) is 38.4 Å². The van der Waals surface area contributed by atoms with E-state index < -0.39 is 27.1 Å². The van der Waals surface area contributed by atoms with Crippen LogP contribution in [0.15, 0.2) is 24.3 Å². The third-order valence-corrected chi connectivity index (χ3v) is 5.33. The molecule has 0 aliphatic carbocycles. The zero-order valence-corrected chi connectivity index (χ0v) is 13.3. The number of rotatable bonds is 5. The van der Waals surface area contributed by atoms with Crippen molar-refractivity contribution in [2.75, 3.05) is 6.61 Å². The van der Waals surface area contributed by atoms with E-state index in [1.165, 1.54) is 0 Å².